The first kappa shape index (κ1) is 44.1. The molecule has 2 aliphatic heterocycles. The van der Waals surface area contributed by atoms with Gasteiger partial charge in [-0.2, -0.15) is 0 Å². The minimum absolute atomic E-state index is 0.0181. The van der Waals surface area contributed by atoms with Gasteiger partial charge in [0.25, 0.3) is 5.91 Å². The van der Waals surface area contributed by atoms with E-state index in [1.165, 1.54) is 14.2 Å². The number of alkyl carbamates (subject to hydrolysis) is 2. The summed E-state index contributed by atoms with van der Waals surface area (Å²) in [5, 5.41) is 5.40. The van der Waals surface area contributed by atoms with Crippen molar-refractivity contribution in [3.05, 3.63) is 108 Å². The topological polar surface area (TPSA) is 195 Å². The number of carbonyl (C=O) groups excluding carboxylic acids is 5. The van der Waals surface area contributed by atoms with Crippen LogP contribution in [0.4, 0.5) is 9.59 Å². The maximum Gasteiger partial charge on any atom is 0.407 e. The fraction of sp³-hybridized carbons (Fsp3) is 0.383. The number of imidazole rings is 2. The third kappa shape index (κ3) is 9.59. The van der Waals surface area contributed by atoms with Gasteiger partial charge in [-0.15, -0.1) is 0 Å². The Balaban J connectivity index is 1.05. The van der Waals surface area contributed by atoms with Crippen LogP contribution in [0, 0.1) is 11.3 Å². The molecule has 2 aliphatic rings. The number of likely N-dealkylation sites (tertiary alicyclic amines) is 1. The Kier molecular flexibility index (Phi) is 13.0. The molecule has 16 nitrogen and oxygen atoms in total. The Labute approximate surface area is 366 Å². The summed E-state index contributed by atoms with van der Waals surface area (Å²) in [6.45, 7) is 10.2. The molecule has 330 valence electrons. The summed E-state index contributed by atoms with van der Waals surface area (Å²) >= 11 is 0. The number of aromatic nitrogens is 4. The van der Waals surface area contributed by atoms with Crippen LogP contribution < -0.4 is 10.6 Å². The summed E-state index contributed by atoms with van der Waals surface area (Å²) in [6, 6.07) is 22.6. The standard InChI is InChI=1S/C47H55N9O7/c1-28(2)38(52-45(60)62-6)43(58)56-27-54(42(57)33-12-9-8-10-13-33)26-37(56)41-49-25-35(51-41)32-21-17-30(18-22-32)29-15-19-31(20-16-29)34-24-48-40(50-34)36-14-11-23-55(36)44(59)39(47(3,4)5)53-46(61)63-7/h8-10,12-13,15-22,24-25,28,36-39H,11,14,23,26-27H2,1-7H3,(H,48,50)(H,49,51)(H,52,60)(H,53,61)/t36-,37-,38-,39+/m0/s1. The van der Waals surface area contributed by atoms with Crippen LogP contribution in [0.1, 0.15) is 81.6 Å². The van der Waals surface area contributed by atoms with Crippen LogP contribution in [0.2, 0.25) is 0 Å². The lowest BCUT2D eigenvalue weighted by Crippen LogP contribution is -2.54. The third-order valence-electron chi connectivity index (χ3n) is 11.7. The van der Waals surface area contributed by atoms with Crippen LogP contribution in [0.5, 0.6) is 0 Å². The molecule has 63 heavy (non-hydrogen) atoms. The first-order chi connectivity index (χ1) is 30.2. The average molecular weight is 858 g/mol. The summed E-state index contributed by atoms with van der Waals surface area (Å²) in [6.07, 6.45) is 3.72. The number of methoxy groups -OCH3 is 2. The molecule has 2 fully saturated rings. The largest absolute Gasteiger partial charge is 0.453 e. The molecule has 0 radical (unpaired) electrons. The van der Waals surface area contributed by atoms with E-state index in [4.69, 9.17) is 19.4 Å². The molecule has 0 aliphatic carbocycles. The molecule has 4 heterocycles. The van der Waals surface area contributed by atoms with Gasteiger partial charge in [0.1, 0.15) is 29.8 Å². The number of nitrogens with zero attached hydrogens (tertiary/aromatic N) is 5. The molecular formula is C47H55N9O7. The van der Waals surface area contributed by atoms with Crippen LogP contribution in [-0.2, 0) is 19.1 Å². The summed E-state index contributed by atoms with van der Waals surface area (Å²) in [7, 11) is 2.53. The number of hydrogen-bond donors (Lipinski definition) is 4. The summed E-state index contributed by atoms with van der Waals surface area (Å²) in [5.74, 6) is 0.227. The van der Waals surface area contributed by atoms with Gasteiger partial charge in [-0.05, 0) is 58.6 Å². The van der Waals surface area contributed by atoms with Crippen molar-refractivity contribution in [3.63, 3.8) is 0 Å². The highest BCUT2D eigenvalue weighted by atomic mass is 16.5. The fourth-order valence-corrected chi connectivity index (χ4v) is 8.19. The number of hydrogen-bond acceptors (Lipinski definition) is 9. The fourth-order valence-electron chi connectivity index (χ4n) is 8.19. The predicted molar refractivity (Wildman–Crippen MR) is 236 cm³/mol. The zero-order valence-corrected chi connectivity index (χ0v) is 36.7. The molecule has 4 N–H and O–H groups in total. The summed E-state index contributed by atoms with van der Waals surface area (Å²) < 4.78 is 9.61. The van der Waals surface area contributed by atoms with Gasteiger partial charge < -0.3 is 44.8 Å². The average Bonchev–Trinajstić information content (AvgIpc) is 4.13. The van der Waals surface area contributed by atoms with Gasteiger partial charge in [0.2, 0.25) is 11.8 Å². The molecule has 5 aromatic rings. The predicted octanol–water partition coefficient (Wildman–Crippen LogP) is 6.93. The van der Waals surface area contributed by atoms with E-state index in [1.807, 2.05) is 89.2 Å². The van der Waals surface area contributed by atoms with Crippen LogP contribution >= 0.6 is 0 Å². The van der Waals surface area contributed by atoms with Crippen molar-refractivity contribution in [2.45, 2.75) is 71.6 Å². The van der Waals surface area contributed by atoms with Crippen LogP contribution in [0.15, 0.2) is 91.3 Å². The van der Waals surface area contributed by atoms with Crippen molar-refractivity contribution in [2.75, 3.05) is 34.0 Å². The molecule has 2 saturated heterocycles. The van der Waals surface area contributed by atoms with E-state index in [-0.39, 0.29) is 42.9 Å². The van der Waals surface area contributed by atoms with E-state index >= 15 is 0 Å². The van der Waals surface area contributed by atoms with E-state index < -0.39 is 35.7 Å². The molecule has 7 rings (SSSR count). The highest BCUT2D eigenvalue weighted by molar-refractivity contribution is 5.95. The third-order valence-corrected chi connectivity index (χ3v) is 11.7. The minimum Gasteiger partial charge on any atom is -0.453 e. The Hall–Kier alpha value is -6.97. The summed E-state index contributed by atoms with van der Waals surface area (Å²) in [4.78, 5) is 87.0. The smallest absolute Gasteiger partial charge is 0.407 e. The molecule has 16 heteroatoms. The van der Waals surface area contributed by atoms with Crippen molar-refractivity contribution in [2.24, 2.45) is 11.3 Å². The Morgan fingerprint density at radius 3 is 1.75 bits per heavy atom. The Morgan fingerprint density at radius 1 is 0.698 bits per heavy atom. The number of H-pyrrole nitrogens is 2. The lowest BCUT2D eigenvalue weighted by molar-refractivity contribution is -0.137. The van der Waals surface area contributed by atoms with Gasteiger partial charge in [-0.25, -0.2) is 19.6 Å². The van der Waals surface area contributed by atoms with Crippen molar-refractivity contribution in [1.82, 2.24) is 45.3 Å². The second-order valence-electron chi connectivity index (χ2n) is 17.4. The molecular weight excluding hydrogens is 803 g/mol. The van der Waals surface area contributed by atoms with E-state index in [1.54, 1.807) is 51.4 Å². The van der Waals surface area contributed by atoms with Crippen molar-refractivity contribution in [1.29, 1.82) is 0 Å². The quantitative estimate of drug-likeness (QED) is 0.109. The molecule has 5 amide bonds. The van der Waals surface area contributed by atoms with Gasteiger partial charge in [-0.3, -0.25) is 14.4 Å². The Morgan fingerprint density at radius 2 is 1.22 bits per heavy atom. The first-order valence-corrected chi connectivity index (χ1v) is 21.1. The molecule has 0 unspecified atom stereocenters. The van der Waals surface area contributed by atoms with Crippen molar-refractivity contribution >= 4 is 29.9 Å². The molecule has 0 spiro atoms. The second-order valence-corrected chi connectivity index (χ2v) is 17.4. The zero-order chi connectivity index (χ0) is 45.0. The number of carbonyl (C=O) groups is 5. The van der Waals surface area contributed by atoms with Gasteiger partial charge in [0, 0.05) is 12.1 Å². The molecule has 3 aromatic carbocycles. The van der Waals surface area contributed by atoms with Gasteiger partial charge in [-0.1, -0.05) is 101 Å². The zero-order valence-electron chi connectivity index (χ0n) is 36.7. The molecule has 0 saturated carbocycles. The second kappa shape index (κ2) is 18.6. The molecule has 0 bridgehead atoms. The van der Waals surface area contributed by atoms with Crippen LogP contribution in [0.3, 0.4) is 0 Å². The minimum atomic E-state index is -0.884. The van der Waals surface area contributed by atoms with Gasteiger partial charge >= 0.3 is 12.2 Å². The number of rotatable bonds is 11. The number of nitrogens with one attached hydrogen (secondary N) is 4. The number of amides is 5. The Bertz CT molecular complexity index is 2420. The van der Waals surface area contributed by atoms with Crippen molar-refractivity contribution in [3.8, 4) is 33.6 Å². The van der Waals surface area contributed by atoms with E-state index in [0.29, 0.717) is 23.8 Å². The van der Waals surface area contributed by atoms with Crippen LogP contribution in [-0.4, -0.2) is 111 Å². The van der Waals surface area contributed by atoms with E-state index in [0.717, 1.165) is 46.5 Å². The highest BCUT2D eigenvalue weighted by Gasteiger charge is 2.43. The molecule has 4 atom stereocenters. The number of benzene rings is 3. The van der Waals surface area contributed by atoms with Gasteiger partial charge in [0.15, 0.2) is 0 Å². The van der Waals surface area contributed by atoms with Crippen LogP contribution in [0.25, 0.3) is 33.6 Å². The molecule has 2 aromatic heterocycles. The lowest BCUT2D eigenvalue weighted by Gasteiger charge is -2.35. The first-order valence-electron chi connectivity index (χ1n) is 21.1. The maximum absolute atomic E-state index is 14.1. The normalized spacial score (nSPS) is 17.4. The highest BCUT2D eigenvalue weighted by Crippen LogP contribution is 2.35. The van der Waals surface area contributed by atoms with E-state index in [2.05, 4.69) is 20.6 Å². The van der Waals surface area contributed by atoms with Crippen molar-refractivity contribution < 1.29 is 33.4 Å². The lowest BCUT2D eigenvalue weighted by atomic mass is 9.85. The summed E-state index contributed by atoms with van der Waals surface area (Å²) in [5.41, 5.74) is 5.39. The maximum atomic E-state index is 14.1. The van der Waals surface area contributed by atoms with Gasteiger partial charge in [0.05, 0.1) is 57.3 Å². The monoisotopic (exact) mass is 857 g/mol. The van der Waals surface area contributed by atoms with E-state index in [9.17, 15) is 24.0 Å². The number of aromatic amines is 2. The SMILES string of the molecule is COC(=O)N[C@H](C(=O)N1CN(C(=O)c2ccccc2)C[C@H]1c1ncc(-c2ccc(-c3ccc(-c4cnc([C@@H]5CCCN5C(=O)[C@@H](NC(=O)OC)C(C)(C)C)[nH]4)cc3)cc2)[nH]1)C(C)C. The number of ether oxygens (including phenoxy) is 2.